The van der Waals surface area contributed by atoms with E-state index in [0.717, 1.165) is 17.5 Å². The second-order valence-corrected chi connectivity index (χ2v) is 9.15. The average Bonchev–Trinajstić information content (AvgIpc) is 3.24. The summed E-state index contributed by atoms with van der Waals surface area (Å²) in [4.78, 5) is 13.1. The lowest BCUT2D eigenvalue weighted by Gasteiger charge is -2.20. The second-order valence-electron chi connectivity index (χ2n) is 7.28. The zero-order valence-electron chi connectivity index (χ0n) is 17.5. The molecule has 1 aliphatic heterocycles. The van der Waals surface area contributed by atoms with Gasteiger partial charge in [0, 0.05) is 12.2 Å². The number of anilines is 2. The standard InChI is InChI=1S/C24H24N2O4S/c1-3-17-8-4-6-10-21(17)25-24(27)20-16-19(12-13-23(20)30-2)31(28,29)26-15-14-18-9-5-7-11-22(18)26/h4-13,16H,3,14-15H2,1-2H3,(H,25,27). The predicted molar refractivity (Wildman–Crippen MR) is 121 cm³/mol. The van der Waals surface area contributed by atoms with Crippen LogP contribution in [0.3, 0.4) is 0 Å². The predicted octanol–water partition coefficient (Wildman–Crippen LogP) is 4.26. The van der Waals surface area contributed by atoms with Crippen LogP contribution in [0.5, 0.6) is 5.75 Å². The van der Waals surface area contributed by atoms with Crippen LogP contribution in [0.15, 0.2) is 71.6 Å². The van der Waals surface area contributed by atoms with Crippen LogP contribution in [0.1, 0.15) is 28.4 Å². The van der Waals surface area contributed by atoms with Crippen molar-refractivity contribution in [1.29, 1.82) is 0 Å². The van der Waals surface area contributed by atoms with E-state index in [9.17, 15) is 13.2 Å². The molecule has 1 heterocycles. The highest BCUT2D eigenvalue weighted by Gasteiger charge is 2.31. The molecule has 0 atom stereocenters. The average molecular weight is 437 g/mol. The molecule has 0 saturated carbocycles. The van der Waals surface area contributed by atoms with Crippen molar-refractivity contribution in [2.45, 2.75) is 24.7 Å². The Hall–Kier alpha value is -3.32. The lowest BCUT2D eigenvalue weighted by atomic mass is 10.1. The third-order valence-corrected chi connectivity index (χ3v) is 7.30. The summed E-state index contributed by atoms with van der Waals surface area (Å²) in [6.07, 6.45) is 1.42. The van der Waals surface area contributed by atoms with E-state index in [0.29, 0.717) is 30.1 Å². The highest BCUT2D eigenvalue weighted by Crippen LogP contribution is 2.34. The zero-order chi connectivity index (χ0) is 22.0. The summed E-state index contributed by atoms with van der Waals surface area (Å²) < 4.78 is 33.5. The van der Waals surface area contributed by atoms with Gasteiger partial charge in [-0.2, -0.15) is 0 Å². The van der Waals surface area contributed by atoms with Gasteiger partial charge in [-0.05, 0) is 54.3 Å². The van der Waals surface area contributed by atoms with Gasteiger partial charge in [-0.1, -0.05) is 43.3 Å². The third-order valence-electron chi connectivity index (χ3n) is 5.49. The highest BCUT2D eigenvalue weighted by molar-refractivity contribution is 7.92. The Morgan fingerprint density at radius 1 is 1.06 bits per heavy atom. The Balaban J connectivity index is 1.70. The molecule has 31 heavy (non-hydrogen) atoms. The Kier molecular flexibility index (Phi) is 5.69. The molecule has 160 valence electrons. The number of hydrogen-bond acceptors (Lipinski definition) is 4. The molecule has 7 heteroatoms. The molecule has 6 nitrogen and oxygen atoms in total. The van der Waals surface area contributed by atoms with Gasteiger partial charge in [0.25, 0.3) is 15.9 Å². The molecule has 0 aromatic heterocycles. The summed E-state index contributed by atoms with van der Waals surface area (Å²) in [6, 6.07) is 19.4. The minimum absolute atomic E-state index is 0.0546. The molecule has 1 N–H and O–H groups in total. The van der Waals surface area contributed by atoms with Gasteiger partial charge in [-0.15, -0.1) is 0 Å². The first-order chi connectivity index (χ1) is 15.0. The number of sulfonamides is 1. The number of ether oxygens (including phenoxy) is 1. The first kappa shape index (κ1) is 20.9. The van der Waals surface area contributed by atoms with Crippen molar-refractivity contribution < 1.29 is 17.9 Å². The summed E-state index contributed by atoms with van der Waals surface area (Å²) in [5, 5.41) is 2.89. The maximum absolute atomic E-state index is 13.4. The number of fused-ring (bicyclic) bond motifs is 1. The number of nitrogens with one attached hydrogen (secondary N) is 1. The molecule has 0 bridgehead atoms. The fourth-order valence-corrected chi connectivity index (χ4v) is 5.38. The minimum atomic E-state index is -3.82. The van der Waals surface area contributed by atoms with Crippen LogP contribution in [0.4, 0.5) is 11.4 Å². The minimum Gasteiger partial charge on any atom is -0.496 e. The van der Waals surface area contributed by atoms with Crippen molar-refractivity contribution in [3.8, 4) is 5.75 Å². The van der Waals surface area contributed by atoms with Gasteiger partial charge in [0.05, 0.1) is 23.3 Å². The Morgan fingerprint density at radius 3 is 2.58 bits per heavy atom. The van der Waals surface area contributed by atoms with E-state index in [-0.39, 0.29) is 10.5 Å². The summed E-state index contributed by atoms with van der Waals surface area (Å²) in [7, 11) is -2.37. The largest absolute Gasteiger partial charge is 0.496 e. The smallest absolute Gasteiger partial charge is 0.264 e. The van der Waals surface area contributed by atoms with Gasteiger partial charge >= 0.3 is 0 Å². The molecule has 1 aliphatic rings. The van der Waals surface area contributed by atoms with Crippen LogP contribution in [-0.4, -0.2) is 28.0 Å². The zero-order valence-corrected chi connectivity index (χ0v) is 18.3. The topological polar surface area (TPSA) is 75.7 Å². The number of aryl methyl sites for hydroxylation is 1. The first-order valence-electron chi connectivity index (χ1n) is 10.1. The SMILES string of the molecule is CCc1ccccc1NC(=O)c1cc(S(=O)(=O)N2CCc3ccccc32)ccc1OC. The van der Waals surface area contributed by atoms with E-state index in [1.54, 1.807) is 6.07 Å². The number of amides is 1. The number of methoxy groups -OCH3 is 1. The maximum atomic E-state index is 13.4. The number of rotatable bonds is 6. The van der Waals surface area contributed by atoms with Crippen LogP contribution < -0.4 is 14.4 Å². The van der Waals surface area contributed by atoms with Gasteiger partial charge in [-0.25, -0.2) is 8.42 Å². The third kappa shape index (κ3) is 3.88. The Labute approximate surface area is 182 Å². The molecule has 4 rings (SSSR count). The Morgan fingerprint density at radius 2 is 1.81 bits per heavy atom. The molecular weight excluding hydrogens is 412 g/mol. The van der Waals surface area contributed by atoms with Crippen molar-refractivity contribution in [2.75, 3.05) is 23.3 Å². The van der Waals surface area contributed by atoms with Crippen molar-refractivity contribution in [3.05, 3.63) is 83.4 Å². The van der Waals surface area contributed by atoms with Crippen LogP contribution in [0.25, 0.3) is 0 Å². The van der Waals surface area contributed by atoms with Gasteiger partial charge in [-0.3, -0.25) is 9.10 Å². The molecule has 0 aliphatic carbocycles. The lowest BCUT2D eigenvalue weighted by Crippen LogP contribution is -2.29. The summed E-state index contributed by atoms with van der Waals surface area (Å²) in [5.74, 6) is -0.108. The van der Waals surface area contributed by atoms with Crippen molar-refractivity contribution in [1.82, 2.24) is 0 Å². The van der Waals surface area contributed by atoms with Gasteiger partial charge in [0.2, 0.25) is 0 Å². The molecule has 0 radical (unpaired) electrons. The van der Waals surface area contributed by atoms with Gasteiger partial charge < -0.3 is 10.1 Å². The molecule has 3 aromatic carbocycles. The number of hydrogen-bond donors (Lipinski definition) is 1. The first-order valence-corrected chi connectivity index (χ1v) is 11.6. The van der Waals surface area contributed by atoms with Crippen LogP contribution in [0, 0.1) is 0 Å². The van der Waals surface area contributed by atoms with E-state index in [2.05, 4.69) is 5.32 Å². The fraction of sp³-hybridized carbons (Fsp3) is 0.208. The number of carbonyl (C=O) groups excluding carboxylic acids is 1. The van der Waals surface area contributed by atoms with Crippen LogP contribution in [-0.2, 0) is 22.9 Å². The summed E-state index contributed by atoms with van der Waals surface area (Å²) >= 11 is 0. The fourth-order valence-electron chi connectivity index (χ4n) is 3.85. The molecule has 0 unspecified atom stereocenters. The molecule has 0 fully saturated rings. The molecule has 3 aromatic rings. The van der Waals surface area contributed by atoms with Crippen LogP contribution >= 0.6 is 0 Å². The van der Waals surface area contributed by atoms with Crippen molar-refractivity contribution >= 4 is 27.3 Å². The van der Waals surface area contributed by atoms with E-state index < -0.39 is 15.9 Å². The number of para-hydroxylation sites is 2. The molecule has 0 saturated heterocycles. The van der Waals surface area contributed by atoms with Gasteiger partial charge in [0.15, 0.2) is 0 Å². The number of carbonyl (C=O) groups is 1. The highest BCUT2D eigenvalue weighted by atomic mass is 32.2. The maximum Gasteiger partial charge on any atom is 0.264 e. The van der Waals surface area contributed by atoms with E-state index >= 15 is 0 Å². The quantitative estimate of drug-likeness (QED) is 0.626. The van der Waals surface area contributed by atoms with Gasteiger partial charge in [0.1, 0.15) is 5.75 Å². The van der Waals surface area contributed by atoms with E-state index in [4.69, 9.17) is 4.74 Å². The van der Waals surface area contributed by atoms with E-state index in [1.807, 2.05) is 49.4 Å². The molecule has 1 amide bonds. The summed E-state index contributed by atoms with van der Waals surface area (Å²) in [6.45, 7) is 2.38. The van der Waals surface area contributed by atoms with Crippen LogP contribution in [0.2, 0.25) is 0 Å². The van der Waals surface area contributed by atoms with Crippen molar-refractivity contribution in [2.24, 2.45) is 0 Å². The normalized spacial score (nSPS) is 13.0. The second kappa shape index (κ2) is 8.43. The van der Waals surface area contributed by atoms with Crippen molar-refractivity contribution in [3.63, 3.8) is 0 Å². The molecule has 0 spiro atoms. The van der Waals surface area contributed by atoms with E-state index in [1.165, 1.54) is 29.6 Å². The lowest BCUT2D eigenvalue weighted by molar-refractivity contribution is 0.102. The number of benzene rings is 3. The Bertz CT molecular complexity index is 1240. The monoisotopic (exact) mass is 436 g/mol. The number of nitrogens with zero attached hydrogens (tertiary/aromatic N) is 1. The molecular formula is C24H24N2O4S. The summed E-state index contributed by atoms with van der Waals surface area (Å²) in [5.41, 5.74) is 3.53.